The fraction of sp³-hybridized carbons (Fsp3) is 0.250. The summed E-state index contributed by atoms with van der Waals surface area (Å²) in [6, 6.07) is 11.5. The maximum absolute atomic E-state index is 10.4. The summed E-state index contributed by atoms with van der Waals surface area (Å²) in [4.78, 5) is 15.8. The Morgan fingerprint density at radius 2 is 1.91 bits per heavy atom. The molecule has 1 heterocycles. The number of carboxylic acids is 1. The molecule has 0 atom stereocenters. The Morgan fingerprint density at radius 1 is 1.09 bits per heavy atom. The molecule has 114 valence electrons. The normalized spacial score (nSPS) is 11.2. The zero-order chi connectivity index (χ0) is 15.6. The van der Waals surface area contributed by atoms with Gasteiger partial charge in [-0.1, -0.05) is 35.5 Å². The van der Waals surface area contributed by atoms with Crippen molar-refractivity contribution in [1.82, 2.24) is 10.2 Å². The molecule has 1 N–H and O–H groups in total. The molecule has 0 amide bonds. The maximum Gasteiger partial charge on any atom is 0.303 e. The van der Waals surface area contributed by atoms with Crippen LogP contribution in [0.4, 0.5) is 0 Å². The summed E-state index contributed by atoms with van der Waals surface area (Å²) in [7, 11) is 0. The van der Waals surface area contributed by atoms with E-state index in [0.29, 0.717) is 25.2 Å². The molecule has 1 aromatic heterocycles. The molecule has 6 nitrogen and oxygen atoms in total. The van der Waals surface area contributed by atoms with Crippen LogP contribution in [0.2, 0.25) is 0 Å². The molecule has 0 aliphatic carbocycles. The van der Waals surface area contributed by atoms with Gasteiger partial charge in [-0.25, -0.2) is 0 Å². The van der Waals surface area contributed by atoms with Crippen LogP contribution < -0.4 is 0 Å². The van der Waals surface area contributed by atoms with Gasteiger partial charge in [-0.05, 0) is 18.9 Å². The SMILES string of the molecule is O=C(O)CCCCO/N=C(\c1ccccc1)c1ccnnc1. The molecule has 2 rings (SSSR count). The van der Waals surface area contributed by atoms with E-state index in [0.717, 1.165) is 11.1 Å². The molecule has 0 aliphatic rings. The Morgan fingerprint density at radius 3 is 2.59 bits per heavy atom. The van der Waals surface area contributed by atoms with Gasteiger partial charge in [0.25, 0.3) is 0 Å². The maximum atomic E-state index is 10.4. The quantitative estimate of drug-likeness (QED) is 0.460. The van der Waals surface area contributed by atoms with Crippen LogP contribution in [0.15, 0.2) is 53.9 Å². The lowest BCUT2D eigenvalue weighted by Gasteiger charge is -2.06. The number of aliphatic carboxylic acids is 1. The lowest BCUT2D eigenvalue weighted by molar-refractivity contribution is -0.137. The van der Waals surface area contributed by atoms with Crippen molar-refractivity contribution >= 4 is 11.7 Å². The van der Waals surface area contributed by atoms with Gasteiger partial charge >= 0.3 is 5.97 Å². The van der Waals surface area contributed by atoms with Crippen molar-refractivity contribution in [3.63, 3.8) is 0 Å². The Hall–Kier alpha value is -2.76. The first-order chi connectivity index (χ1) is 10.8. The molecule has 0 radical (unpaired) electrons. The van der Waals surface area contributed by atoms with Gasteiger partial charge in [-0.15, -0.1) is 0 Å². The number of carbonyl (C=O) groups is 1. The van der Waals surface area contributed by atoms with Crippen LogP contribution in [-0.4, -0.2) is 33.6 Å². The molecular weight excluding hydrogens is 282 g/mol. The Bertz CT molecular complexity index is 574. The van der Waals surface area contributed by atoms with Crippen LogP contribution in [0, 0.1) is 0 Å². The van der Waals surface area contributed by atoms with E-state index >= 15 is 0 Å². The van der Waals surface area contributed by atoms with Crippen LogP contribution in [0.3, 0.4) is 0 Å². The van der Waals surface area contributed by atoms with Gasteiger partial charge in [0, 0.05) is 17.5 Å². The van der Waals surface area contributed by atoms with E-state index in [1.807, 2.05) is 36.4 Å². The van der Waals surface area contributed by atoms with Gasteiger partial charge in [0.1, 0.15) is 12.3 Å². The first-order valence-corrected chi connectivity index (χ1v) is 7.01. The summed E-state index contributed by atoms with van der Waals surface area (Å²) in [6.45, 7) is 0.377. The zero-order valence-corrected chi connectivity index (χ0v) is 12.1. The van der Waals surface area contributed by atoms with Gasteiger partial charge in [-0.3, -0.25) is 4.79 Å². The third kappa shape index (κ3) is 4.97. The van der Waals surface area contributed by atoms with Gasteiger partial charge in [-0.2, -0.15) is 10.2 Å². The average molecular weight is 299 g/mol. The van der Waals surface area contributed by atoms with E-state index in [9.17, 15) is 4.79 Å². The molecule has 0 unspecified atom stereocenters. The number of benzene rings is 1. The van der Waals surface area contributed by atoms with E-state index in [-0.39, 0.29) is 6.42 Å². The summed E-state index contributed by atoms with van der Waals surface area (Å²) in [5.41, 5.74) is 2.40. The van der Waals surface area contributed by atoms with Crippen molar-refractivity contribution in [2.45, 2.75) is 19.3 Å². The van der Waals surface area contributed by atoms with E-state index in [1.165, 1.54) is 0 Å². The second-order valence-electron chi connectivity index (χ2n) is 4.62. The highest BCUT2D eigenvalue weighted by atomic mass is 16.6. The standard InChI is InChI=1S/C16H17N3O3/c20-15(21)8-4-5-11-22-19-16(13-6-2-1-3-7-13)14-9-10-17-18-12-14/h1-3,6-7,9-10,12H,4-5,8,11H2,(H,20,21)/b19-16+. The molecule has 22 heavy (non-hydrogen) atoms. The predicted octanol–water partition coefficient (Wildman–Crippen LogP) is 2.50. The van der Waals surface area contributed by atoms with Crippen LogP contribution in [0.1, 0.15) is 30.4 Å². The molecule has 0 saturated carbocycles. The van der Waals surface area contributed by atoms with Crippen LogP contribution in [0.5, 0.6) is 0 Å². The smallest absolute Gasteiger partial charge is 0.303 e. The second-order valence-corrected chi connectivity index (χ2v) is 4.62. The summed E-state index contributed by atoms with van der Waals surface area (Å²) in [6.07, 6.45) is 4.59. The van der Waals surface area contributed by atoms with Crippen molar-refractivity contribution in [2.24, 2.45) is 5.16 Å². The van der Waals surface area contributed by atoms with Gasteiger partial charge < -0.3 is 9.94 Å². The minimum atomic E-state index is -0.795. The minimum Gasteiger partial charge on any atom is -0.481 e. The van der Waals surface area contributed by atoms with Crippen molar-refractivity contribution in [3.05, 3.63) is 59.9 Å². The number of unbranched alkanes of at least 4 members (excludes halogenated alkanes) is 1. The lowest BCUT2D eigenvalue weighted by atomic mass is 10.1. The number of hydrogen-bond acceptors (Lipinski definition) is 5. The Labute approximate surface area is 128 Å². The number of rotatable bonds is 8. The highest BCUT2D eigenvalue weighted by molar-refractivity contribution is 6.12. The largest absolute Gasteiger partial charge is 0.481 e. The van der Waals surface area contributed by atoms with Gasteiger partial charge in [0.05, 0.1) is 12.4 Å². The summed E-state index contributed by atoms with van der Waals surface area (Å²) < 4.78 is 0. The monoisotopic (exact) mass is 299 g/mol. The molecule has 1 aromatic carbocycles. The second kappa shape index (κ2) is 8.51. The average Bonchev–Trinajstić information content (AvgIpc) is 2.55. The summed E-state index contributed by atoms with van der Waals surface area (Å²) >= 11 is 0. The van der Waals surface area contributed by atoms with Crippen molar-refractivity contribution < 1.29 is 14.7 Å². The van der Waals surface area contributed by atoms with Crippen LogP contribution >= 0.6 is 0 Å². The topological polar surface area (TPSA) is 84.7 Å². The highest BCUT2D eigenvalue weighted by Crippen LogP contribution is 2.10. The predicted molar refractivity (Wildman–Crippen MR) is 81.6 cm³/mol. The molecule has 0 fully saturated rings. The number of oxime groups is 1. The molecule has 0 spiro atoms. The number of carboxylic acid groups (broad SMARTS) is 1. The lowest BCUT2D eigenvalue weighted by Crippen LogP contribution is -2.06. The first kappa shape index (κ1) is 15.6. The van der Waals surface area contributed by atoms with Crippen LogP contribution in [0.25, 0.3) is 0 Å². The number of nitrogens with zero attached hydrogens (tertiary/aromatic N) is 3. The van der Waals surface area contributed by atoms with Crippen LogP contribution in [-0.2, 0) is 9.63 Å². The zero-order valence-electron chi connectivity index (χ0n) is 12.1. The fourth-order valence-electron chi connectivity index (χ4n) is 1.85. The molecule has 0 bridgehead atoms. The summed E-state index contributed by atoms with van der Waals surface area (Å²) in [5.74, 6) is -0.795. The van der Waals surface area contributed by atoms with Crippen molar-refractivity contribution in [3.8, 4) is 0 Å². The molecule has 6 heteroatoms. The number of hydrogen-bond donors (Lipinski definition) is 1. The molecule has 0 saturated heterocycles. The fourth-order valence-corrected chi connectivity index (χ4v) is 1.85. The molecular formula is C16H17N3O3. The summed E-state index contributed by atoms with van der Waals surface area (Å²) in [5, 5.41) is 20.4. The molecule has 0 aliphatic heterocycles. The highest BCUT2D eigenvalue weighted by Gasteiger charge is 2.08. The first-order valence-electron chi connectivity index (χ1n) is 7.01. The Kier molecular flexibility index (Phi) is 6.04. The number of aromatic nitrogens is 2. The van der Waals surface area contributed by atoms with Crippen molar-refractivity contribution in [1.29, 1.82) is 0 Å². The third-order valence-corrected chi connectivity index (χ3v) is 2.94. The minimum absolute atomic E-state index is 0.146. The molecule has 2 aromatic rings. The van der Waals surface area contributed by atoms with Gasteiger partial charge in [0.15, 0.2) is 0 Å². The van der Waals surface area contributed by atoms with E-state index < -0.39 is 5.97 Å². The Balaban J connectivity index is 2.02. The van der Waals surface area contributed by atoms with Crippen molar-refractivity contribution in [2.75, 3.05) is 6.61 Å². The van der Waals surface area contributed by atoms with Gasteiger partial charge in [0.2, 0.25) is 0 Å². The third-order valence-electron chi connectivity index (χ3n) is 2.94. The van der Waals surface area contributed by atoms with E-state index in [1.54, 1.807) is 12.4 Å². The van der Waals surface area contributed by atoms with E-state index in [2.05, 4.69) is 15.4 Å². The van der Waals surface area contributed by atoms with E-state index in [4.69, 9.17) is 9.94 Å².